The van der Waals surface area contributed by atoms with Gasteiger partial charge in [0.2, 0.25) is 0 Å². The van der Waals surface area contributed by atoms with Crippen LogP contribution in [0.15, 0.2) is 121 Å². The molecular weight excluding hydrogens is 657 g/mol. The predicted molar refractivity (Wildman–Crippen MR) is 230 cm³/mol. The van der Waals surface area contributed by atoms with Crippen LogP contribution in [0.4, 0.5) is 0 Å². The number of aryl methyl sites for hydroxylation is 4. The summed E-state index contributed by atoms with van der Waals surface area (Å²) in [7, 11) is -2.33. The molecule has 2 aromatic heterocycles. The summed E-state index contributed by atoms with van der Waals surface area (Å²) in [6.07, 6.45) is 10.9. The monoisotopic (exact) mass is 706 g/mol. The zero-order valence-electron chi connectivity index (χ0n) is 31.8. The molecule has 0 aliphatic heterocycles. The Morgan fingerprint density at radius 1 is 0.396 bits per heavy atom. The Morgan fingerprint density at radius 2 is 0.755 bits per heavy atom. The Labute approximate surface area is 315 Å². The van der Waals surface area contributed by atoms with E-state index in [1.54, 1.807) is 10.4 Å². The third kappa shape index (κ3) is 5.11. The maximum Gasteiger partial charge on any atom is 0.124 e. The molecule has 10 rings (SSSR count). The molecule has 2 nitrogen and oxygen atoms in total. The van der Waals surface area contributed by atoms with E-state index in [4.69, 9.17) is 0 Å². The summed E-state index contributed by atoms with van der Waals surface area (Å²) in [6, 6.07) is 47.9. The summed E-state index contributed by atoms with van der Waals surface area (Å²) < 4.78 is 5.16. The molecule has 0 N–H and O–H groups in total. The number of fused-ring (bicyclic) bond motifs is 6. The normalized spacial score (nSPS) is 15.9. The summed E-state index contributed by atoms with van der Waals surface area (Å²) in [5, 5.41) is 8.75. The van der Waals surface area contributed by atoms with Crippen molar-refractivity contribution in [1.82, 2.24) is 9.13 Å². The largest absolute Gasteiger partial charge is 0.309 e. The van der Waals surface area contributed by atoms with Gasteiger partial charge in [-0.1, -0.05) is 135 Å². The molecule has 0 atom stereocenters. The maximum atomic E-state index is 2.71. The van der Waals surface area contributed by atoms with Crippen molar-refractivity contribution >= 4 is 62.1 Å². The van der Waals surface area contributed by atoms with E-state index >= 15 is 0 Å². The van der Waals surface area contributed by atoms with Crippen molar-refractivity contribution in [2.45, 2.75) is 90.1 Å². The molecule has 0 unspecified atom stereocenters. The van der Waals surface area contributed by atoms with Crippen molar-refractivity contribution in [2.24, 2.45) is 0 Å². The lowest BCUT2D eigenvalue weighted by Gasteiger charge is -2.43. The van der Waals surface area contributed by atoms with Gasteiger partial charge in [-0.3, -0.25) is 0 Å². The minimum atomic E-state index is -2.33. The summed E-state index contributed by atoms with van der Waals surface area (Å²) >= 11 is 0. The van der Waals surface area contributed by atoms with Gasteiger partial charge in [0.1, 0.15) is 8.07 Å². The number of rotatable bonds is 6. The molecule has 0 bridgehead atoms. The third-order valence-electron chi connectivity index (χ3n) is 13.2. The smallest absolute Gasteiger partial charge is 0.124 e. The van der Waals surface area contributed by atoms with Gasteiger partial charge >= 0.3 is 0 Å². The van der Waals surface area contributed by atoms with Crippen LogP contribution in [0.2, 0.25) is 11.1 Å². The second-order valence-corrected chi connectivity index (χ2v) is 21.2. The highest BCUT2D eigenvalue weighted by Gasteiger charge is 2.52. The van der Waals surface area contributed by atoms with Gasteiger partial charge in [0.05, 0.1) is 22.1 Å². The maximum absolute atomic E-state index is 2.71. The lowest BCUT2D eigenvalue weighted by Crippen LogP contribution is -2.64. The van der Waals surface area contributed by atoms with Crippen LogP contribution in [-0.2, 0) is 0 Å². The summed E-state index contributed by atoms with van der Waals surface area (Å²) in [4.78, 5) is 0. The molecule has 2 heterocycles. The van der Waals surface area contributed by atoms with E-state index in [0.717, 1.165) is 11.1 Å². The first kappa shape index (κ1) is 32.8. The van der Waals surface area contributed by atoms with E-state index in [1.807, 2.05) is 0 Å². The van der Waals surface area contributed by atoms with Gasteiger partial charge in [-0.2, -0.15) is 0 Å². The standard InChI is InChI=1S/C50H50N2Si/c1-33-25-34(2)28-37(27-33)51-47-19-11-9-17-43(47)45-23-21-41(31-49(45)51)53(39-13-5-6-14-39,40-15-7-8-16-40)42-22-24-46-44-18-10-12-20-48(44)52(50(46)32-42)38-29-35(3)26-36(4)30-38/h9-12,17-32,39-40H,5-8,13-16H2,1-4H3. The fourth-order valence-corrected chi connectivity index (χ4v) is 18.4. The molecule has 3 heteroatoms. The van der Waals surface area contributed by atoms with Crippen molar-refractivity contribution in [2.75, 3.05) is 0 Å². The molecule has 0 saturated heterocycles. The number of hydrogen-bond donors (Lipinski definition) is 0. The van der Waals surface area contributed by atoms with Crippen molar-refractivity contribution in [3.8, 4) is 11.4 Å². The lowest BCUT2D eigenvalue weighted by atomic mass is 10.1. The fraction of sp³-hybridized carbons (Fsp3) is 0.280. The van der Waals surface area contributed by atoms with E-state index in [2.05, 4.69) is 158 Å². The Bertz CT molecular complexity index is 2470. The number of nitrogens with zero attached hydrogens (tertiary/aromatic N) is 2. The molecule has 8 aromatic rings. The topological polar surface area (TPSA) is 9.86 Å². The number of aromatic nitrogens is 2. The molecular formula is C50H50N2Si. The molecule has 2 fully saturated rings. The van der Waals surface area contributed by atoms with Crippen LogP contribution in [0.1, 0.15) is 73.6 Å². The van der Waals surface area contributed by atoms with Crippen LogP contribution in [0, 0.1) is 27.7 Å². The van der Waals surface area contributed by atoms with Crippen molar-refractivity contribution in [3.63, 3.8) is 0 Å². The number of para-hydroxylation sites is 2. The Balaban J connectivity index is 1.29. The first-order valence-electron chi connectivity index (χ1n) is 20.1. The molecule has 2 aliphatic rings. The molecule has 2 aliphatic carbocycles. The van der Waals surface area contributed by atoms with Gasteiger partial charge in [0.15, 0.2) is 0 Å². The Hall–Kier alpha value is -4.86. The predicted octanol–water partition coefficient (Wildman–Crippen LogP) is 12.6. The first-order valence-corrected chi connectivity index (χ1v) is 22.3. The zero-order chi connectivity index (χ0) is 35.8. The van der Waals surface area contributed by atoms with Gasteiger partial charge < -0.3 is 9.13 Å². The minimum absolute atomic E-state index is 0.749. The third-order valence-corrected chi connectivity index (χ3v) is 19.5. The summed E-state index contributed by atoms with van der Waals surface area (Å²) in [5.74, 6) is 0. The van der Waals surface area contributed by atoms with Crippen LogP contribution in [0.3, 0.4) is 0 Å². The lowest BCUT2D eigenvalue weighted by molar-refractivity contribution is 0.766. The zero-order valence-corrected chi connectivity index (χ0v) is 32.8. The summed E-state index contributed by atoms with van der Waals surface area (Å²) in [5.41, 5.74) is 14.7. The minimum Gasteiger partial charge on any atom is -0.309 e. The van der Waals surface area contributed by atoms with Gasteiger partial charge in [0, 0.05) is 32.9 Å². The van der Waals surface area contributed by atoms with E-state index in [-0.39, 0.29) is 0 Å². The van der Waals surface area contributed by atoms with Crippen LogP contribution in [0.5, 0.6) is 0 Å². The molecule has 53 heavy (non-hydrogen) atoms. The van der Waals surface area contributed by atoms with Crippen LogP contribution in [-0.4, -0.2) is 17.2 Å². The molecule has 0 spiro atoms. The van der Waals surface area contributed by atoms with Crippen LogP contribution >= 0.6 is 0 Å². The van der Waals surface area contributed by atoms with Gasteiger partial charge in [0.25, 0.3) is 0 Å². The van der Waals surface area contributed by atoms with Gasteiger partial charge in [-0.05, 0) is 110 Å². The molecule has 2 saturated carbocycles. The van der Waals surface area contributed by atoms with Crippen molar-refractivity contribution in [3.05, 3.63) is 144 Å². The van der Waals surface area contributed by atoms with Gasteiger partial charge in [-0.25, -0.2) is 0 Å². The quantitative estimate of drug-likeness (QED) is 0.152. The summed E-state index contributed by atoms with van der Waals surface area (Å²) in [6.45, 7) is 8.95. The second kappa shape index (κ2) is 12.6. The van der Waals surface area contributed by atoms with Crippen LogP contribution in [0.25, 0.3) is 55.0 Å². The van der Waals surface area contributed by atoms with E-state index in [9.17, 15) is 0 Å². The average molecular weight is 707 g/mol. The fourth-order valence-electron chi connectivity index (χ4n) is 11.4. The van der Waals surface area contributed by atoms with Gasteiger partial charge in [-0.15, -0.1) is 0 Å². The highest BCUT2D eigenvalue weighted by molar-refractivity contribution is 7.04. The van der Waals surface area contributed by atoms with Crippen molar-refractivity contribution < 1.29 is 0 Å². The highest BCUT2D eigenvalue weighted by Crippen LogP contribution is 2.50. The molecule has 6 aromatic carbocycles. The van der Waals surface area contributed by atoms with E-state index in [0.29, 0.717) is 0 Å². The molecule has 0 radical (unpaired) electrons. The average Bonchev–Trinajstić information content (AvgIpc) is 3.97. The van der Waals surface area contributed by atoms with E-state index < -0.39 is 8.07 Å². The Morgan fingerprint density at radius 3 is 1.15 bits per heavy atom. The van der Waals surface area contributed by atoms with Crippen molar-refractivity contribution in [1.29, 1.82) is 0 Å². The SMILES string of the molecule is Cc1cc(C)cc(-n2c3ccccc3c3ccc([Si](c4ccc5c6ccccc6n(-c6cc(C)cc(C)c6)c5c4)(C4CCCC4)C4CCCC4)cc32)c1. The Kier molecular flexibility index (Phi) is 7.81. The molecule has 264 valence electrons. The number of benzene rings is 6. The number of hydrogen-bond acceptors (Lipinski definition) is 0. The molecule has 0 amide bonds. The van der Waals surface area contributed by atoms with Crippen LogP contribution < -0.4 is 10.4 Å². The first-order chi connectivity index (χ1) is 25.9. The second-order valence-electron chi connectivity index (χ2n) is 16.7. The van der Waals surface area contributed by atoms with E-state index in [1.165, 1.54) is 129 Å². The highest BCUT2D eigenvalue weighted by atomic mass is 28.3.